The number of hydrogen-bond donors (Lipinski definition) is 2. The molecular weight excluding hydrogens is 332 g/mol. The van der Waals surface area contributed by atoms with Crippen LogP contribution in [-0.2, 0) is 25.5 Å². The number of methoxy groups -OCH3 is 1. The van der Waals surface area contributed by atoms with Crippen LogP contribution in [0.2, 0.25) is 0 Å². The largest absolute Gasteiger partial charge is 0.469 e. The quantitative estimate of drug-likeness (QED) is 0.749. The first-order valence-electron chi connectivity index (χ1n) is 8.25. The van der Waals surface area contributed by atoms with Crippen LogP contribution in [-0.4, -0.2) is 24.9 Å². The summed E-state index contributed by atoms with van der Waals surface area (Å²) in [6, 6.07) is 15.9. The molecule has 0 heterocycles. The lowest BCUT2D eigenvalue weighted by Gasteiger charge is -2.18. The monoisotopic (exact) mass is 354 g/mol. The highest BCUT2D eigenvalue weighted by molar-refractivity contribution is 5.88. The van der Waals surface area contributed by atoms with Crippen LogP contribution in [0.1, 0.15) is 30.5 Å². The average Bonchev–Trinajstić information content (AvgIpc) is 2.63. The highest BCUT2D eigenvalue weighted by atomic mass is 16.5. The van der Waals surface area contributed by atoms with Gasteiger partial charge in [0.1, 0.15) is 0 Å². The number of nitrogens with one attached hydrogen (secondary N) is 2. The van der Waals surface area contributed by atoms with Crippen LogP contribution in [0.25, 0.3) is 0 Å². The zero-order valence-electron chi connectivity index (χ0n) is 14.8. The summed E-state index contributed by atoms with van der Waals surface area (Å²) < 4.78 is 4.72. The first kappa shape index (κ1) is 19.2. The normalized spacial score (nSPS) is 11.3. The Morgan fingerprint density at radius 2 is 1.65 bits per heavy atom. The Morgan fingerprint density at radius 3 is 2.23 bits per heavy atom. The lowest BCUT2D eigenvalue weighted by molar-refractivity contribution is -0.141. The summed E-state index contributed by atoms with van der Waals surface area (Å²) in [5.41, 5.74) is 2.32. The van der Waals surface area contributed by atoms with E-state index in [9.17, 15) is 14.4 Å². The number of carbonyl (C=O) groups excluding carboxylic acids is 3. The summed E-state index contributed by atoms with van der Waals surface area (Å²) in [5.74, 6) is -0.738. The van der Waals surface area contributed by atoms with Crippen molar-refractivity contribution < 1.29 is 19.1 Å². The van der Waals surface area contributed by atoms with Crippen LogP contribution in [0.15, 0.2) is 54.6 Å². The molecule has 6 nitrogen and oxygen atoms in total. The molecule has 0 saturated carbocycles. The van der Waals surface area contributed by atoms with Crippen molar-refractivity contribution >= 4 is 23.5 Å². The molecule has 0 aliphatic heterocycles. The fourth-order valence-electron chi connectivity index (χ4n) is 2.53. The summed E-state index contributed by atoms with van der Waals surface area (Å²) >= 11 is 0. The van der Waals surface area contributed by atoms with Gasteiger partial charge in [0.05, 0.1) is 26.0 Å². The minimum Gasteiger partial charge on any atom is -0.469 e. The Balaban J connectivity index is 2.02. The van der Waals surface area contributed by atoms with E-state index < -0.39 is 6.04 Å². The molecule has 6 heteroatoms. The van der Waals surface area contributed by atoms with E-state index in [2.05, 4.69) is 10.6 Å². The first-order valence-corrected chi connectivity index (χ1v) is 8.25. The van der Waals surface area contributed by atoms with Gasteiger partial charge in [0.25, 0.3) is 0 Å². The fraction of sp³-hybridized carbons (Fsp3) is 0.250. The van der Waals surface area contributed by atoms with Gasteiger partial charge in [-0.25, -0.2) is 0 Å². The van der Waals surface area contributed by atoms with E-state index >= 15 is 0 Å². The van der Waals surface area contributed by atoms with E-state index in [4.69, 9.17) is 4.74 Å². The Hall–Kier alpha value is -3.15. The summed E-state index contributed by atoms with van der Waals surface area (Å²) in [4.78, 5) is 35.1. The number of amides is 2. The van der Waals surface area contributed by atoms with Gasteiger partial charge in [0.15, 0.2) is 0 Å². The molecule has 0 aromatic heterocycles. The first-order chi connectivity index (χ1) is 12.5. The van der Waals surface area contributed by atoms with Gasteiger partial charge in [-0.3, -0.25) is 14.4 Å². The van der Waals surface area contributed by atoms with E-state index in [0.29, 0.717) is 5.69 Å². The van der Waals surface area contributed by atoms with Gasteiger partial charge < -0.3 is 15.4 Å². The third kappa shape index (κ3) is 6.05. The smallest absolute Gasteiger partial charge is 0.307 e. The minimum absolute atomic E-state index is 0.0632. The number of hydrogen-bond acceptors (Lipinski definition) is 4. The van der Waals surface area contributed by atoms with Crippen molar-refractivity contribution in [2.24, 2.45) is 0 Å². The van der Waals surface area contributed by atoms with Crippen molar-refractivity contribution in [1.82, 2.24) is 5.32 Å². The Kier molecular flexibility index (Phi) is 6.91. The van der Waals surface area contributed by atoms with Gasteiger partial charge in [-0.15, -0.1) is 0 Å². The maximum Gasteiger partial charge on any atom is 0.307 e. The van der Waals surface area contributed by atoms with E-state index in [1.54, 1.807) is 24.3 Å². The maximum atomic E-state index is 12.4. The predicted octanol–water partition coefficient (Wildman–Crippen LogP) is 2.61. The zero-order chi connectivity index (χ0) is 18.9. The third-order valence-electron chi connectivity index (χ3n) is 3.77. The fourth-order valence-corrected chi connectivity index (χ4v) is 2.53. The molecule has 0 spiro atoms. The molecular formula is C20H22N2O4. The molecule has 2 rings (SSSR count). The van der Waals surface area contributed by atoms with E-state index in [1.807, 2.05) is 30.3 Å². The number of benzene rings is 2. The van der Waals surface area contributed by atoms with Gasteiger partial charge in [-0.1, -0.05) is 42.5 Å². The Bertz CT molecular complexity index is 757. The minimum atomic E-state index is -0.449. The van der Waals surface area contributed by atoms with Gasteiger partial charge in [0, 0.05) is 12.6 Å². The molecule has 2 aromatic rings. The molecule has 2 amide bonds. The summed E-state index contributed by atoms with van der Waals surface area (Å²) in [7, 11) is 1.32. The lowest BCUT2D eigenvalue weighted by Crippen LogP contribution is -2.31. The van der Waals surface area contributed by atoms with Gasteiger partial charge in [0.2, 0.25) is 11.8 Å². The summed E-state index contributed by atoms with van der Waals surface area (Å²) in [6.45, 7) is 1.44. The standard InChI is InChI=1S/C20H22N2O4/c1-14(23)21-17-10-8-15(9-11-17)12-19(24)22-18(13-20(25)26-2)16-6-4-3-5-7-16/h3-11,18H,12-13H2,1-2H3,(H,21,23)(H,22,24)/t18-/m0/s1. The summed E-state index contributed by atoms with van der Waals surface area (Å²) in [5, 5.41) is 5.56. The van der Waals surface area contributed by atoms with Crippen LogP contribution in [0.5, 0.6) is 0 Å². The van der Waals surface area contributed by atoms with Crippen LogP contribution >= 0.6 is 0 Å². The molecule has 0 radical (unpaired) electrons. The Labute approximate surface area is 152 Å². The van der Waals surface area contributed by atoms with Crippen molar-refractivity contribution in [2.75, 3.05) is 12.4 Å². The topological polar surface area (TPSA) is 84.5 Å². The molecule has 136 valence electrons. The van der Waals surface area contributed by atoms with Crippen molar-refractivity contribution in [3.05, 3.63) is 65.7 Å². The molecule has 0 unspecified atom stereocenters. The molecule has 0 aliphatic rings. The second-order valence-corrected chi connectivity index (χ2v) is 5.87. The van der Waals surface area contributed by atoms with Crippen molar-refractivity contribution in [3.8, 4) is 0 Å². The molecule has 2 aromatic carbocycles. The highest BCUT2D eigenvalue weighted by Gasteiger charge is 2.18. The Morgan fingerprint density at radius 1 is 1.00 bits per heavy atom. The maximum absolute atomic E-state index is 12.4. The SMILES string of the molecule is COC(=O)C[C@H](NC(=O)Cc1ccc(NC(C)=O)cc1)c1ccccc1. The van der Waals surface area contributed by atoms with E-state index in [-0.39, 0.29) is 30.6 Å². The zero-order valence-corrected chi connectivity index (χ0v) is 14.8. The van der Waals surface area contributed by atoms with Crippen LogP contribution in [0.3, 0.4) is 0 Å². The molecule has 26 heavy (non-hydrogen) atoms. The molecule has 0 fully saturated rings. The molecule has 0 bridgehead atoms. The van der Waals surface area contributed by atoms with Gasteiger partial charge in [-0.2, -0.15) is 0 Å². The predicted molar refractivity (Wildman–Crippen MR) is 98.4 cm³/mol. The summed E-state index contributed by atoms with van der Waals surface area (Å²) in [6.07, 6.45) is 0.235. The number of esters is 1. The number of ether oxygens (including phenoxy) is 1. The van der Waals surface area contributed by atoms with Crippen LogP contribution < -0.4 is 10.6 Å². The lowest BCUT2D eigenvalue weighted by atomic mass is 10.0. The van der Waals surface area contributed by atoms with Crippen molar-refractivity contribution in [1.29, 1.82) is 0 Å². The molecule has 1 atom stereocenters. The second-order valence-electron chi connectivity index (χ2n) is 5.87. The average molecular weight is 354 g/mol. The van der Waals surface area contributed by atoms with Crippen LogP contribution in [0, 0.1) is 0 Å². The van der Waals surface area contributed by atoms with E-state index in [1.165, 1.54) is 14.0 Å². The van der Waals surface area contributed by atoms with Crippen molar-refractivity contribution in [3.63, 3.8) is 0 Å². The number of rotatable bonds is 7. The molecule has 0 saturated heterocycles. The van der Waals surface area contributed by atoms with Crippen molar-refractivity contribution in [2.45, 2.75) is 25.8 Å². The van der Waals surface area contributed by atoms with Gasteiger partial charge >= 0.3 is 5.97 Å². The van der Waals surface area contributed by atoms with Gasteiger partial charge in [-0.05, 0) is 23.3 Å². The van der Waals surface area contributed by atoms with Crippen LogP contribution in [0.4, 0.5) is 5.69 Å². The second kappa shape index (κ2) is 9.36. The number of anilines is 1. The van der Waals surface area contributed by atoms with E-state index in [0.717, 1.165) is 11.1 Å². The number of carbonyl (C=O) groups is 3. The highest BCUT2D eigenvalue weighted by Crippen LogP contribution is 2.18. The molecule has 2 N–H and O–H groups in total. The third-order valence-corrected chi connectivity index (χ3v) is 3.77. The molecule has 0 aliphatic carbocycles.